The molecule has 1 aromatic rings. The molecule has 1 fully saturated rings. The molecule has 1 saturated heterocycles. The number of nitrogens with zero attached hydrogens (tertiary/aromatic N) is 1. The predicted octanol–water partition coefficient (Wildman–Crippen LogP) is 1.47. The number of ether oxygens (including phenoxy) is 1. The minimum absolute atomic E-state index is 0.218. The normalized spacial score (nSPS) is 24.7. The lowest BCUT2D eigenvalue weighted by Crippen LogP contribution is -2.58. The summed E-state index contributed by atoms with van der Waals surface area (Å²) < 4.78 is 5.14. The second-order valence-corrected chi connectivity index (χ2v) is 5.99. The van der Waals surface area contributed by atoms with Gasteiger partial charge in [0.25, 0.3) is 0 Å². The van der Waals surface area contributed by atoms with E-state index in [0.717, 1.165) is 32.5 Å². The first-order valence-electron chi connectivity index (χ1n) is 7.77. The van der Waals surface area contributed by atoms with Gasteiger partial charge in [-0.05, 0) is 0 Å². The fourth-order valence-electron chi connectivity index (χ4n) is 3.08. The average molecular weight is 305 g/mol. The van der Waals surface area contributed by atoms with E-state index in [-0.39, 0.29) is 24.5 Å². The van der Waals surface area contributed by atoms with Crippen molar-refractivity contribution in [3.63, 3.8) is 0 Å². The number of benzene rings is 1. The summed E-state index contributed by atoms with van der Waals surface area (Å²) in [6.45, 7) is 4.29. The second-order valence-electron chi connectivity index (χ2n) is 5.99. The molecule has 5 heteroatoms. The molecular weight excluding hydrogens is 280 g/mol. The van der Waals surface area contributed by atoms with Crippen LogP contribution in [0.15, 0.2) is 30.3 Å². The molecule has 0 aliphatic carbocycles. The Kier molecular flexibility index (Phi) is 5.69. The lowest BCUT2D eigenvalue weighted by molar-refractivity contribution is -0.872. The highest BCUT2D eigenvalue weighted by Crippen LogP contribution is 2.23. The van der Waals surface area contributed by atoms with Crippen LogP contribution in [0.3, 0.4) is 0 Å². The molecule has 120 valence electrons. The summed E-state index contributed by atoms with van der Waals surface area (Å²) >= 11 is 0. The van der Waals surface area contributed by atoms with Crippen LogP contribution in [-0.4, -0.2) is 49.1 Å². The van der Waals surface area contributed by atoms with Crippen LogP contribution in [0.25, 0.3) is 0 Å². The third kappa shape index (κ3) is 4.15. The third-order valence-electron chi connectivity index (χ3n) is 4.57. The number of quaternary nitrogens is 1. The molecule has 0 bridgehead atoms. The van der Waals surface area contributed by atoms with Crippen molar-refractivity contribution < 1.29 is 18.8 Å². The van der Waals surface area contributed by atoms with E-state index in [1.54, 1.807) is 6.92 Å². The van der Waals surface area contributed by atoms with Gasteiger partial charge in [0.2, 0.25) is 0 Å². The molecule has 0 saturated carbocycles. The Labute approximate surface area is 131 Å². The monoisotopic (exact) mass is 305 g/mol. The van der Waals surface area contributed by atoms with E-state index in [1.165, 1.54) is 12.7 Å². The number of likely N-dealkylation sites (tertiary alicyclic amines) is 1. The van der Waals surface area contributed by atoms with Gasteiger partial charge in [-0.15, -0.1) is 0 Å². The van der Waals surface area contributed by atoms with E-state index in [0.29, 0.717) is 4.48 Å². The van der Waals surface area contributed by atoms with Crippen molar-refractivity contribution >= 4 is 11.9 Å². The van der Waals surface area contributed by atoms with Gasteiger partial charge in [0.05, 0.1) is 33.7 Å². The molecule has 0 atom stereocenters. The van der Waals surface area contributed by atoms with Gasteiger partial charge < -0.3 is 10.1 Å². The Morgan fingerprint density at radius 2 is 1.86 bits per heavy atom. The summed E-state index contributed by atoms with van der Waals surface area (Å²) in [6, 6.07) is 10.4. The molecule has 1 N–H and O–H groups in total. The summed E-state index contributed by atoms with van der Waals surface area (Å²) in [4.78, 5) is 23.4. The average Bonchev–Trinajstić information content (AvgIpc) is 2.54. The first-order valence-corrected chi connectivity index (χ1v) is 7.77. The van der Waals surface area contributed by atoms with E-state index in [2.05, 4.69) is 22.2 Å². The summed E-state index contributed by atoms with van der Waals surface area (Å²) in [5.41, 5.74) is 1.19. The molecule has 0 radical (unpaired) electrons. The van der Waals surface area contributed by atoms with Crippen LogP contribution in [-0.2, 0) is 20.9 Å². The summed E-state index contributed by atoms with van der Waals surface area (Å²) in [5.74, 6) is -0.0301. The number of carbonyl (C=O) groups excluding carboxylic acids is 2. The van der Waals surface area contributed by atoms with Crippen molar-refractivity contribution in [1.29, 1.82) is 0 Å². The Bertz CT molecular complexity index is 508. The molecule has 1 aliphatic rings. The molecular formula is C17H25N2O3+. The van der Waals surface area contributed by atoms with Gasteiger partial charge in [0.1, 0.15) is 6.54 Å². The maximum absolute atomic E-state index is 12.2. The van der Waals surface area contributed by atoms with Crippen LogP contribution in [0, 0.1) is 0 Å². The van der Waals surface area contributed by atoms with Gasteiger partial charge in [0, 0.05) is 24.4 Å². The van der Waals surface area contributed by atoms with Gasteiger partial charge >= 0.3 is 11.9 Å². The number of esters is 1. The largest absolute Gasteiger partial charge is 0.468 e. The van der Waals surface area contributed by atoms with Crippen LogP contribution >= 0.6 is 0 Å². The fraction of sp³-hybridized carbons (Fsp3) is 0.529. The second kappa shape index (κ2) is 7.51. The minimum Gasteiger partial charge on any atom is -0.468 e. The van der Waals surface area contributed by atoms with Gasteiger partial charge in [-0.1, -0.05) is 30.3 Å². The van der Waals surface area contributed by atoms with Crippen molar-refractivity contribution in [2.75, 3.05) is 26.7 Å². The van der Waals surface area contributed by atoms with Crippen LogP contribution in [0.5, 0.6) is 0 Å². The van der Waals surface area contributed by atoms with Crippen LogP contribution in [0.2, 0.25) is 0 Å². The molecule has 1 aromatic carbocycles. The Balaban J connectivity index is 1.95. The maximum Gasteiger partial charge on any atom is 0.319 e. The zero-order chi connectivity index (χ0) is 16.0. The van der Waals surface area contributed by atoms with Gasteiger partial charge in [-0.25, -0.2) is 4.79 Å². The lowest BCUT2D eigenvalue weighted by atomic mass is 10.0. The molecule has 0 aromatic heterocycles. The van der Waals surface area contributed by atoms with E-state index in [1.807, 2.05) is 18.2 Å². The van der Waals surface area contributed by atoms with E-state index in [9.17, 15) is 9.59 Å². The van der Waals surface area contributed by atoms with Crippen molar-refractivity contribution in [2.45, 2.75) is 32.4 Å². The number of amides is 1. The van der Waals surface area contributed by atoms with Crippen LogP contribution in [0.1, 0.15) is 25.3 Å². The van der Waals surface area contributed by atoms with Crippen molar-refractivity contribution in [3.05, 3.63) is 35.9 Å². The predicted molar refractivity (Wildman–Crippen MR) is 83.9 cm³/mol. The van der Waals surface area contributed by atoms with Gasteiger partial charge in [-0.2, -0.15) is 0 Å². The van der Waals surface area contributed by atoms with Crippen molar-refractivity contribution in [1.82, 2.24) is 5.32 Å². The van der Waals surface area contributed by atoms with Crippen LogP contribution in [0.4, 0.5) is 0 Å². The molecule has 0 spiro atoms. The summed E-state index contributed by atoms with van der Waals surface area (Å²) in [6.07, 6.45) is 1.78. The molecule has 2 rings (SSSR count). The summed E-state index contributed by atoms with van der Waals surface area (Å²) in [7, 11) is 1.39. The SMILES string of the molecule is COC(=O)CNC1CC[N+](Cc2ccccc2)(C(C)=O)CC1. The molecule has 1 amide bonds. The number of hydrogen-bond acceptors (Lipinski definition) is 4. The van der Waals surface area contributed by atoms with E-state index >= 15 is 0 Å². The minimum atomic E-state index is -0.248. The molecule has 1 heterocycles. The van der Waals surface area contributed by atoms with Crippen LogP contribution < -0.4 is 5.32 Å². The number of nitrogens with one attached hydrogen (secondary N) is 1. The van der Waals surface area contributed by atoms with Gasteiger partial charge in [-0.3, -0.25) is 9.28 Å². The number of rotatable bonds is 5. The third-order valence-corrected chi connectivity index (χ3v) is 4.57. The Morgan fingerprint density at radius 3 is 2.41 bits per heavy atom. The van der Waals surface area contributed by atoms with E-state index in [4.69, 9.17) is 0 Å². The molecule has 0 unspecified atom stereocenters. The molecule has 1 aliphatic heterocycles. The number of carbonyl (C=O) groups is 2. The number of piperidine rings is 1. The topological polar surface area (TPSA) is 55.4 Å². The number of methoxy groups -OCH3 is 1. The summed E-state index contributed by atoms with van der Waals surface area (Å²) in [5, 5.41) is 3.22. The standard InChI is InChI=1S/C17H25N2O3/c1-14(20)19(13-15-6-4-3-5-7-15)10-8-16(9-11-19)18-12-17(21)22-2/h3-7,16,18H,8-13H2,1-2H3/q+1. The maximum atomic E-state index is 12.2. The van der Waals surface area contributed by atoms with Crippen molar-refractivity contribution in [3.8, 4) is 0 Å². The molecule has 5 nitrogen and oxygen atoms in total. The fourth-order valence-corrected chi connectivity index (χ4v) is 3.08. The quantitative estimate of drug-likeness (QED) is 0.661. The Hall–Kier alpha value is -1.72. The van der Waals surface area contributed by atoms with Gasteiger partial charge in [0.15, 0.2) is 0 Å². The Morgan fingerprint density at radius 1 is 1.23 bits per heavy atom. The zero-order valence-electron chi connectivity index (χ0n) is 13.4. The number of hydrogen-bond donors (Lipinski definition) is 1. The highest BCUT2D eigenvalue weighted by Gasteiger charge is 2.38. The van der Waals surface area contributed by atoms with E-state index < -0.39 is 0 Å². The highest BCUT2D eigenvalue weighted by molar-refractivity contribution is 5.71. The van der Waals surface area contributed by atoms with Crippen molar-refractivity contribution in [2.24, 2.45) is 0 Å². The highest BCUT2D eigenvalue weighted by atomic mass is 16.5. The smallest absolute Gasteiger partial charge is 0.319 e. The first kappa shape index (κ1) is 16.6. The first-order chi connectivity index (χ1) is 10.6. The molecule has 22 heavy (non-hydrogen) atoms. The zero-order valence-corrected chi connectivity index (χ0v) is 13.4. The lowest BCUT2D eigenvalue weighted by Gasteiger charge is -2.41.